The van der Waals surface area contributed by atoms with Crippen LogP contribution in [0.3, 0.4) is 0 Å². The quantitative estimate of drug-likeness (QED) is 0.246. The molecule has 2 fully saturated rings. The molecule has 3 heteroatoms. The molecule has 1 aromatic carbocycles. The first-order valence-electron chi connectivity index (χ1n) is 12.7. The molecule has 0 nitrogen and oxygen atoms in total. The fraction of sp³-hybridized carbons (Fsp3) is 0.778. The molecule has 3 rings (SSSR count). The zero-order valence-electron chi connectivity index (χ0n) is 18.9. The molecule has 0 radical (unpaired) electrons. The molecule has 0 bridgehead atoms. The molecular weight excluding hydrogens is 394 g/mol. The van der Waals surface area contributed by atoms with Crippen LogP contribution in [0.15, 0.2) is 35.2 Å². The molecule has 2 atom stereocenters. The number of hydrogen-bond donors (Lipinski definition) is 0. The third-order valence-electron chi connectivity index (χ3n) is 7.79. The highest BCUT2D eigenvalue weighted by Gasteiger charge is 2.31. The summed E-state index contributed by atoms with van der Waals surface area (Å²) in [5.41, 5.74) is -1.45. The minimum atomic E-state index is -1.45. The second-order valence-electron chi connectivity index (χ2n) is 9.93. The van der Waals surface area contributed by atoms with Gasteiger partial charge in [0, 0.05) is 4.90 Å². The van der Waals surface area contributed by atoms with Gasteiger partial charge < -0.3 is 0 Å². The van der Waals surface area contributed by atoms with Crippen LogP contribution >= 0.6 is 11.8 Å². The van der Waals surface area contributed by atoms with Crippen LogP contribution < -0.4 is 0 Å². The van der Waals surface area contributed by atoms with Crippen molar-refractivity contribution in [3.8, 4) is 0 Å². The normalized spacial score (nSPS) is 29.4. The summed E-state index contributed by atoms with van der Waals surface area (Å²) in [5.74, 6) is 3.45. The Bertz CT molecular complexity index is 561. The monoisotopic (exact) mass is 436 g/mol. The number of rotatable bonds is 11. The van der Waals surface area contributed by atoms with E-state index in [0.717, 1.165) is 40.8 Å². The Balaban J connectivity index is 1.29. The van der Waals surface area contributed by atoms with E-state index in [1.807, 2.05) is 30.3 Å². The van der Waals surface area contributed by atoms with Gasteiger partial charge >= 0.3 is 0 Å². The van der Waals surface area contributed by atoms with Crippen LogP contribution in [0.25, 0.3) is 0 Å². The van der Waals surface area contributed by atoms with Crippen molar-refractivity contribution in [3.63, 3.8) is 0 Å². The molecule has 0 amide bonds. The van der Waals surface area contributed by atoms with Crippen molar-refractivity contribution in [2.75, 3.05) is 0 Å². The van der Waals surface area contributed by atoms with Crippen LogP contribution in [0, 0.1) is 23.7 Å². The molecule has 1 aromatic rings. The Kier molecular flexibility index (Phi) is 10.5. The summed E-state index contributed by atoms with van der Waals surface area (Å²) in [6, 6.07) is 9.35. The van der Waals surface area contributed by atoms with Gasteiger partial charge in [0.1, 0.15) is 6.17 Å². The van der Waals surface area contributed by atoms with Gasteiger partial charge in [-0.15, -0.1) is 0 Å². The van der Waals surface area contributed by atoms with Gasteiger partial charge in [-0.05, 0) is 74.3 Å². The maximum absolute atomic E-state index is 14.4. The number of hydrogen-bond acceptors (Lipinski definition) is 1. The molecular formula is C27H42F2S. The van der Waals surface area contributed by atoms with Crippen LogP contribution in [0.4, 0.5) is 8.78 Å². The highest BCUT2D eigenvalue weighted by Crippen LogP contribution is 2.43. The third-order valence-corrected chi connectivity index (χ3v) is 8.86. The van der Waals surface area contributed by atoms with Crippen LogP contribution in [0.1, 0.15) is 96.8 Å². The van der Waals surface area contributed by atoms with E-state index in [1.165, 1.54) is 77.0 Å². The van der Waals surface area contributed by atoms with E-state index >= 15 is 0 Å². The largest absolute Gasteiger partial charge is 0.243 e. The van der Waals surface area contributed by atoms with Crippen molar-refractivity contribution in [3.05, 3.63) is 30.3 Å². The Morgan fingerprint density at radius 3 is 1.93 bits per heavy atom. The smallest absolute Gasteiger partial charge is 0.181 e. The summed E-state index contributed by atoms with van der Waals surface area (Å²) < 4.78 is 28.6. The van der Waals surface area contributed by atoms with E-state index in [1.54, 1.807) is 0 Å². The standard InChI is InChI=1S/C27H42F2S/c1-2-3-5-8-21-11-16-23(17-12-21)24-18-13-22(14-19-24)15-20-26(28)27(29)30-25-9-6-4-7-10-25/h4,6-7,9-10,21-24,26-27H,2-3,5,8,11-20H2,1H3/t21?,22?,23?,24?,26-,27+/m1/s1. The Morgan fingerprint density at radius 2 is 1.37 bits per heavy atom. The zero-order valence-corrected chi connectivity index (χ0v) is 19.7. The lowest BCUT2D eigenvalue weighted by atomic mass is 9.68. The fourth-order valence-corrected chi connectivity index (χ4v) is 6.67. The summed E-state index contributed by atoms with van der Waals surface area (Å²) in [5, 5.41) is 0. The molecule has 0 aromatic heterocycles. The predicted octanol–water partition coefficient (Wildman–Crippen LogP) is 9.39. The van der Waals surface area contributed by atoms with Crippen molar-refractivity contribution in [2.45, 2.75) is 113 Å². The summed E-state index contributed by atoms with van der Waals surface area (Å²) in [6.07, 6.45) is 16.4. The number of halogens is 2. The molecule has 0 saturated heterocycles. The number of thioether (sulfide) groups is 1. The highest BCUT2D eigenvalue weighted by atomic mass is 32.2. The maximum Gasteiger partial charge on any atom is 0.181 e. The Labute approximate surface area is 188 Å². The van der Waals surface area contributed by atoms with Crippen molar-refractivity contribution in [1.29, 1.82) is 0 Å². The lowest BCUT2D eigenvalue weighted by Gasteiger charge is -2.38. The van der Waals surface area contributed by atoms with Gasteiger partial charge in [0.25, 0.3) is 0 Å². The molecule has 30 heavy (non-hydrogen) atoms. The molecule has 0 spiro atoms. The first-order chi connectivity index (χ1) is 14.7. The summed E-state index contributed by atoms with van der Waals surface area (Å²) in [6.45, 7) is 2.29. The minimum Gasteiger partial charge on any atom is -0.243 e. The minimum absolute atomic E-state index is 0.374. The van der Waals surface area contributed by atoms with Crippen LogP contribution in [0.2, 0.25) is 0 Å². The molecule has 170 valence electrons. The second kappa shape index (κ2) is 13.1. The average Bonchev–Trinajstić information content (AvgIpc) is 2.79. The Hall–Kier alpha value is -0.570. The Morgan fingerprint density at radius 1 is 0.800 bits per heavy atom. The highest BCUT2D eigenvalue weighted by molar-refractivity contribution is 7.99. The molecule has 2 aliphatic carbocycles. The van der Waals surface area contributed by atoms with Crippen LogP contribution in [-0.2, 0) is 0 Å². The third kappa shape index (κ3) is 7.84. The van der Waals surface area contributed by atoms with Crippen molar-refractivity contribution >= 4 is 11.8 Å². The number of benzene rings is 1. The zero-order chi connectivity index (χ0) is 21.2. The summed E-state index contributed by atoms with van der Waals surface area (Å²) in [4.78, 5) is 0.813. The fourth-order valence-electron chi connectivity index (χ4n) is 5.81. The van der Waals surface area contributed by atoms with E-state index in [0.29, 0.717) is 12.3 Å². The summed E-state index contributed by atoms with van der Waals surface area (Å²) in [7, 11) is 0. The summed E-state index contributed by atoms with van der Waals surface area (Å²) >= 11 is 1.02. The number of alkyl halides is 2. The van der Waals surface area contributed by atoms with Crippen molar-refractivity contribution in [2.24, 2.45) is 23.7 Å². The van der Waals surface area contributed by atoms with Crippen LogP contribution in [-0.4, -0.2) is 11.7 Å². The van der Waals surface area contributed by atoms with E-state index in [9.17, 15) is 8.78 Å². The van der Waals surface area contributed by atoms with Gasteiger partial charge in [0.15, 0.2) is 5.50 Å². The van der Waals surface area contributed by atoms with Crippen molar-refractivity contribution in [1.82, 2.24) is 0 Å². The number of unbranched alkanes of at least 4 members (excludes halogenated alkanes) is 2. The predicted molar refractivity (Wildman–Crippen MR) is 126 cm³/mol. The van der Waals surface area contributed by atoms with Gasteiger partial charge in [0.05, 0.1) is 0 Å². The molecule has 0 aliphatic heterocycles. The van der Waals surface area contributed by atoms with Gasteiger partial charge in [-0.2, -0.15) is 0 Å². The average molecular weight is 437 g/mol. The van der Waals surface area contributed by atoms with Gasteiger partial charge in [-0.3, -0.25) is 0 Å². The molecule has 0 unspecified atom stereocenters. The van der Waals surface area contributed by atoms with E-state index in [4.69, 9.17) is 0 Å². The maximum atomic E-state index is 14.4. The van der Waals surface area contributed by atoms with E-state index in [-0.39, 0.29) is 0 Å². The first-order valence-corrected chi connectivity index (χ1v) is 13.5. The SMILES string of the molecule is CCCCCC1CCC(C2CCC(CC[C@@H](F)[C@@H](F)Sc3ccccc3)CC2)CC1. The second-order valence-corrected chi connectivity index (χ2v) is 11.1. The molecule has 0 N–H and O–H groups in total. The van der Waals surface area contributed by atoms with Gasteiger partial charge in [-0.1, -0.05) is 88.3 Å². The topological polar surface area (TPSA) is 0 Å². The van der Waals surface area contributed by atoms with Gasteiger partial charge in [-0.25, -0.2) is 8.78 Å². The first kappa shape index (κ1) is 24.1. The van der Waals surface area contributed by atoms with Crippen LogP contribution in [0.5, 0.6) is 0 Å². The van der Waals surface area contributed by atoms with E-state index in [2.05, 4.69) is 6.92 Å². The molecule has 2 saturated carbocycles. The van der Waals surface area contributed by atoms with Gasteiger partial charge in [0.2, 0.25) is 0 Å². The molecule has 2 aliphatic rings. The lowest BCUT2D eigenvalue weighted by Crippen LogP contribution is -2.26. The molecule has 0 heterocycles. The van der Waals surface area contributed by atoms with Crippen molar-refractivity contribution < 1.29 is 8.78 Å². The lowest BCUT2D eigenvalue weighted by molar-refractivity contribution is 0.133. The van der Waals surface area contributed by atoms with E-state index < -0.39 is 11.7 Å².